The Balaban J connectivity index is 1.44. The molecule has 0 saturated carbocycles. The summed E-state index contributed by atoms with van der Waals surface area (Å²) in [5, 5.41) is 3.55. The molecule has 0 unspecified atom stereocenters. The van der Waals surface area contributed by atoms with Crippen LogP contribution in [0.1, 0.15) is 31.7 Å². The van der Waals surface area contributed by atoms with Crippen LogP contribution in [0.4, 0.5) is 5.69 Å². The number of nitrogens with one attached hydrogen (secondary N) is 1. The maximum absolute atomic E-state index is 4.48. The zero-order chi connectivity index (χ0) is 16.1. The maximum Gasteiger partial charge on any atom is 0.198 e. The van der Waals surface area contributed by atoms with Crippen LogP contribution in [-0.4, -0.2) is 50.6 Å². The second-order valence-corrected chi connectivity index (χ2v) is 6.88. The molecule has 3 rings (SSSR count). The second kappa shape index (κ2) is 7.82. The Hall–Kier alpha value is -1.55. The predicted molar refractivity (Wildman–Crippen MR) is 98.3 cm³/mol. The van der Waals surface area contributed by atoms with Gasteiger partial charge >= 0.3 is 0 Å². The van der Waals surface area contributed by atoms with E-state index in [9.17, 15) is 0 Å². The number of nitrogens with zero attached hydrogens (tertiary/aromatic N) is 3. The molecule has 2 aliphatic rings. The van der Waals surface area contributed by atoms with Gasteiger partial charge in [0.2, 0.25) is 0 Å². The van der Waals surface area contributed by atoms with E-state index in [2.05, 4.69) is 51.3 Å². The summed E-state index contributed by atoms with van der Waals surface area (Å²) in [5.74, 6) is 1.93. The molecule has 1 N–H and O–H groups in total. The molecule has 0 spiro atoms. The van der Waals surface area contributed by atoms with E-state index < -0.39 is 0 Å². The number of fused-ring (bicyclic) bond motifs is 1. The lowest BCUT2D eigenvalue weighted by atomic mass is 9.99. The summed E-state index contributed by atoms with van der Waals surface area (Å²) in [4.78, 5) is 9.41. The standard InChI is InChI=1S/C19H30N4/c1-16-8-13-22(14-9-16)12-5-11-21-19(20-2)23-15-10-17-6-3-4-7-18(17)23/h3-4,6-7,16H,5,8-15H2,1-2H3,(H,20,21). The van der Waals surface area contributed by atoms with Gasteiger partial charge in [-0.3, -0.25) is 4.99 Å². The van der Waals surface area contributed by atoms with Gasteiger partial charge in [-0.05, 0) is 62.9 Å². The molecule has 1 saturated heterocycles. The molecule has 1 aromatic carbocycles. The highest BCUT2D eigenvalue weighted by Crippen LogP contribution is 2.27. The number of hydrogen-bond acceptors (Lipinski definition) is 2. The molecular formula is C19H30N4. The molecule has 2 heterocycles. The molecule has 23 heavy (non-hydrogen) atoms. The molecular weight excluding hydrogens is 284 g/mol. The molecule has 0 aliphatic carbocycles. The number of guanidine groups is 1. The van der Waals surface area contributed by atoms with E-state index in [1.807, 2.05) is 7.05 Å². The van der Waals surface area contributed by atoms with Crippen molar-refractivity contribution >= 4 is 11.6 Å². The maximum atomic E-state index is 4.48. The molecule has 1 fully saturated rings. The van der Waals surface area contributed by atoms with Crippen molar-refractivity contribution in [3.63, 3.8) is 0 Å². The Morgan fingerprint density at radius 3 is 2.78 bits per heavy atom. The van der Waals surface area contributed by atoms with E-state index in [1.165, 1.54) is 50.1 Å². The second-order valence-electron chi connectivity index (χ2n) is 6.88. The van der Waals surface area contributed by atoms with Gasteiger partial charge in [0.25, 0.3) is 0 Å². The summed E-state index contributed by atoms with van der Waals surface area (Å²) in [6.07, 6.45) is 5.02. The van der Waals surface area contributed by atoms with Crippen molar-refractivity contribution in [2.45, 2.75) is 32.6 Å². The minimum absolute atomic E-state index is 0.915. The van der Waals surface area contributed by atoms with E-state index in [0.29, 0.717) is 0 Å². The highest BCUT2D eigenvalue weighted by molar-refractivity contribution is 5.97. The summed E-state index contributed by atoms with van der Waals surface area (Å²) in [5.41, 5.74) is 2.74. The summed E-state index contributed by atoms with van der Waals surface area (Å²) in [6.45, 7) is 8.15. The SMILES string of the molecule is CN=C(NCCCN1CCC(C)CC1)N1CCc2ccccc21. The van der Waals surface area contributed by atoms with Gasteiger partial charge in [-0.25, -0.2) is 0 Å². The van der Waals surface area contributed by atoms with Crippen molar-refractivity contribution in [2.24, 2.45) is 10.9 Å². The molecule has 0 bridgehead atoms. The molecule has 0 aromatic heterocycles. The van der Waals surface area contributed by atoms with Gasteiger partial charge < -0.3 is 15.1 Å². The van der Waals surface area contributed by atoms with Gasteiger partial charge in [0.15, 0.2) is 5.96 Å². The number of aliphatic imine (C=N–C) groups is 1. The minimum Gasteiger partial charge on any atom is -0.356 e. The number of likely N-dealkylation sites (tertiary alicyclic amines) is 1. The van der Waals surface area contributed by atoms with E-state index in [0.717, 1.165) is 31.4 Å². The first-order chi connectivity index (χ1) is 11.3. The van der Waals surface area contributed by atoms with Crippen LogP contribution >= 0.6 is 0 Å². The van der Waals surface area contributed by atoms with E-state index in [1.54, 1.807) is 0 Å². The highest BCUT2D eigenvalue weighted by atomic mass is 15.3. The lowest BCUT2D eigenvalue weighted by Gasteiger charge is -2.30. The molecule has 0 atom stereocenters. The number of para-hydroxylation sites is 1. The Labute approximate surface area is 140 Å². The first kappa shape index (κ1) is 16.3. The molecule has 2 aliphatic heterocycles. The molecule has 1 aromatic rings. The molecule has 126 valence electrons. The summed E-state index contributed by atoms with van der Waals surface area (Å²) < 4.78 is 0. The van der Waals surface area contributed by atoms with Crippen molar-refractivity contribution in [1.29, 1.82) is 0 Å². The number of benzene rings is 1. The quantitative estimate of drug-likeness (QED) is 0.527. The summed E-state index contributed by atoms with van der Waals surface area (Å²) in [6, 6.07) is 8.66. The highest BCUT2D eigenvalue weighted by Gasteiger charge is 2.22. The number of hydrogen-bond donors (Lipinski definition) is 1. The van der Waals surface area contributed by atoms with Gasteiger partial charge in [0.05, 0.1) is 0 Å². The molecule has 4 nitrogen and oxygen atoms in total. The molecule has 0 radical (unpaired) electrons. The van der Waals surface area contributed by atoms with E-state index in [4.69, 9.17) is 0 Å². The number of piperidine rings is 1. The van der Waals surface area contributed by atoms with Crippen molar-refractivity contribution in [2.75, 3.05) is 44.7 Å². The minimum atomic E-state index is 0.915. The van der Waals surface area contributed by atoms with Crippen LogP contribution in [0.3, 0.4) is 0 Å². The van der Waals surface area contributed by atoms with Gasteiger partial charge in [-0.2, -0.15) is 0 Å². The lowest BCUT2D eigenvalue weighted by Crippen LogP contribution is -2.42. The first-order valence-corrected chi connectivity index (χ1v) is 9.06. The van der Waals surface area contributed by atoms with Crippen LogP contribution in [0.25, 0.3) is 0 Å². The van der Waals surface area contributed by atoms with Crippen LogP contribution in [0.2, 0.25) is 0 Å². The zero-order valence-corrected chi connectivity index (χ0v) is 14.6. The monoisotopic (exact) mass is 314 g/mol. The number of rotatable bonds is 4. The normalized spacial score (nSPS) is 19.9. The van der Waals surface area contributed by atoms with Crippen LogP contribution in [0.15, 0.2) is 29.3 Å². The lowest BCUT2D eigenvalue weighted by molar-refractivity contribution is 0.191. The van der Waals surface area contributed by atoms with Crippen LogP contribution in [0, 0.1) is 5.92 Å². The van der Waals surface area contributed by atoms with E-state index >= 15 is 0 Å². The van der Waals surface area contributed by atoms with Crippen molar-refractivity contribution in [3.05, 3.63) is 29.8 Å². The molecule has 4 heteroatoms. The average molecular weight is 314 g/mol. The van der Waals surface area contributed by atoms with Gasteiger partial charge in [0, 0.05) is 25.8 Å². The molecule has 0 amide bonds. The summed E-state index contributed by atoms with van der Waals surface area (Å²) >= 11 is 0. The van der Waals surface area contributed by atoms with E-state index in [-0.39, 0.29) is 0 Å². The van der Waals surface area contributed by atoms with Crippen LogP contribution in [-0.2, 0) is 6.42 Å². The Kier molecular flexibility index (Phi) is 5.55. The van der Waals surface area contributed by atoms with Crippen molar-refractivity contribution in [1.82, 2.24) is 10.2 Å². The fourth-order valence-corrected chi connectivity index (χ4v) is 3.64. The van der Waals surface area contributed by atoms with Crippen LogP contribution < -0.4 is 10.2 Å². The summed E-state index contributed by atoms with van der Waals surface area (Å²) in [7, 11) is 1.88. The van der Waals surface area contributed by atoms with Gasteiger partial charge in [-0.1, -0.05) is 25.1 Å². The zero-order valence-electron chi connectivity index (χ0n) is 14.6. The smallest absolute Gasteiger partial charge is 0.198 e. The average Bonchev–Trinajstić information content (AvgIpc) is 3.01. The van der Waals surface area contributed by atoms with Gasteiger partial charge in [0.1, 0.15) is 0 Å². The van der Waals surface area contributed by atoms with Crippen molar-refractivity contribution < 1.29 is 0 Å². The van der Waals surface area contributed by atoms with Gasteiger partial charge in [-0.15, -0.1) is 0 Å². The third-order valence-corrected chi connectivity index (χ3v) is 5.17. The predicted octanol–water partition coefficient (Wildman–Crippen LogP) is 2.75. The fourth-order valence-electron chi connectivity index (χ4n) is 3.64. The Morgan fingerprint density at radius 2 is 2.00 bits per heavy atom. The first-order valence-electron chi connectivity index (χ1n) is 9.06. The number of anilines is 1. The van der Waals surface area contributed by atoms with Crippen LogP contribution in [0.5, 0.6) is 0 Å². The Morgan fingerprint density at radius 1 is 1.22 bits per heavy atom. The Bertz CT molecular complexity index is 532. The van der Waals surface area contributed by atoms with Crippen molar-refractivity contribution in [3.8, 4) is 0 Å². The largest absolute Gasteiger partial charge is 0.356 e. The fraction of sp³-hybridized carbons (Fsp3) is 0.632. The third-order valence-electron chi connectivity index (χ3n) is 5.17. The third kappa shape index (κ3) is 4.05. The topological polar surface area (TPSA) is 30.9 Å².